The zero-order chi connectivity index (χ0) is 20.0. The maximum absolute atomic E-state index is 10.6. The predicted octanol–water partition coefficient (Wildman–Crippen LogP) is 4.72. The van der Waals surface area contributed by atoms with Gasteiger partial charge in [0.2, 0.25) is 0 Å². The summed E-state index contributed by atoms with van der Waals surface area (Å²) in [7, 11) is -3.86. The molecule has 0 aromatic rings. The highest BCUT2D eigenvalue weighted by molar-refractivity contribution is 7.85. The van der Waals surface area contributed by atoms with Gasteiger partial charge in [0.15, 0.2) is 5.79 Å². The van der Waals surface area contributed by atoms with E-state index in [4.69, 9.17) is 18.8 Å². The second kappa shape index (κ2) is 13.9. The van der Waals surface area contributed by atoms with Crippen LogP contribution >= 0.6 is 0 Å². The van der Waals surface area contributed by atoms with Crippen molar-refractivity contribution in [3.05, 3.63) is 0 Å². The van der Waals surface area contributed by atoms with Crippen LogP contribution in [-0.4, -0.2) is 50.4 Å². The lowest BCUT2D eigenvalue weighted by molar-refractivity contribution is -0.164. The summed E-state index contributed by atoms with van der Waals surface area (Å²) >= 11 is 0. The number of unbranched alkanes of at least 4 members (excludes halogenated alkanes) is 9. The Hall–Kier alpha value is -0.210. The fourth-order valence-electron chi connectivity index (χ4n) is 3.36. The highest BCUT2D eigenvalue weighted by atomic mass is 32.2. The predicted molar refractivity (Wildman–Crippen MR) is 108 cm³/mol. The van der Waals surface area contributed by atoms with Gasteiger partial charge in [-0.25, -0.2) is 0 Å². The molecule has 0 radical (unpaired) electrons. The Balaban J connectivity index is 1.98. The zero-order valence-electron chi connectivity index (χ0n) is 17.3. The first-order valence-corrected chi connectivity index (χ1v) is 12.3. The molecule has 2 atom stereocenters. The third-order valence-corrected chi connectivity index (χ3v) is 5.77. The van der Waals surface area contributed by atoms with Gasteiger partial charge in [-0.15, -0.1) is 0 Å². The van der Waals surface area contributed by atoms with Crippen molar-refractivity contribution in [2.45, 2.75) is 103 Å². The average Bonchev–Trinajstić information content (AvgIpc) is 2.97. The third-order valence-electron chi connectivity index (χ3n) is 4.97. The molecule has 0 amide bonds. The minimum atomic E-state index is -3.86. The molecule has 7 heteroatoms. The van der Waals surface area contributed by atoms with E-state index in [-0.39, 0.29) is 11.9 Å². The summed E-state index contributed by atoms with van der Waals surface area (Å²) in [5.41, 5.74) is 0. The van der Waals surface area contributed by atoms with Gasteiger partial charge in [-0.2, -0.15) is 8.42 Å². The molecule has 1 aliphatic rings. The molecule has 0 aliphatic carbocycles. The Kier molecular flexibility index (Phi) is 12.8. The van der Waals surface area contributed by atoms with Gasteiger partial charge < -0.3 is 14.2 Å². The topological polar surface area (TPSA) is 82.1 Å². The van der Waals surface area contributed by atoms with Crippen molar-refractivity contribution in [2.24, 2.45) is 0 Å². The molecule has 2 unspecified atom stereocenters. The molecule has 0 aromatic carbocycles. The lowest BCUT2D eigenvalue weighted by Crippen LogP contribution is -2.28. The monoisotopic (exact) mass is 408 g/mol. The molecule has 27 heavy (non-hydrogen) atoms. The van der Waals surface area contributed by atoms with Crippen LogP contribution in [0.4, 0.5) is 0 Å². The van der Waals surface area contributed by atoms with Gasteiger partial charge in [-0.05, 0) is 26.2 Å². The first kappa shape index (κ1) is 24.8. The van der Waals surface area contributed by atoms with Crippen LogP contribution in [0.5, 0.6) is 0 Å². The van der Waals surface area contributed by atoms with Crippen molar-refractivity contribution in [2.75, 3.05) is 25.6 Å². The third kappa shape index (κ3) is 13.6. The summed E-state index contributed by atoms with van der Waals surface area (Å²) in [6.07, 6.45) is 13.6. The molecule has 162 valence electrons. The molecule has 0 aromatic heterocycles. The van der Waals surface area contributed by atoms with Gasteiger partial charge >= 0.3 is 0 Å². The molecule has 0 saturated carbocycles. The molecule has 1 N–H and O–H groups in total. The van der Waals surface area contributed by atoms with Gasteiger partial charge in [-0.3, -0.25) is 4.55 Å². The fourth-order valence-corrected chi connectivity index (χ4v) is 3.93. The van der Waals surface area contributed by atoms with E-state index < -0.39 is 15.9 Å². The largest absolute Gasteiger partial charge is 0.379 e. The zero-order valence-corrected chi connectivity index (χ0v) is 18.1. The Morgan fingerprint density at radius 2 is 1.63 bits per heavy atom. The molecule has 1 rings (SSSR count). The van der Waals surface area contributed by atoms with Crippen molar-refractivity contribution < 1.29 is 27.2 Å². The SMILES string of the molecule is CCCCCCCCCCCC1(C)OCC(COCCCCS(=O)(=O)O)O1. The standard InChI is InChI=1S/C20H40O6S/c1-3-4-5-6-7-8-9-10-11-14-20(2)25-18-19(26-20)17-24-15-12-13-16-27(21,22)23/h19H,3-18H2,1-2H3,(H,21,22,23). The highest BCUT2D eigenvalue weighted by Gasteiger charge is 2.36. The molecule has 1 fully saturated rings. The second-order valence-corrected chi connectivity index (χ2v) is 9.40. The van der Waals surface area contributed by atoms with E-state index in [1.54, 1.807) is 0 Å². The maximum atomic E-state index is 10.6. The van der Waals surface area contributed by atoms with Gasteiger partial charge in [0.1, 0.15) is 6.10 Å². The smallest absolute Gasteiger partial charge is 0.264 e. The van der Waals surface area contributed by atoms with Crippen molar-refractivity contribution in [1.29, 1.82) is 0 Å². The number of ether oxygens (including phenoxy) is 3. The van der Waals surface area contributed by atoms with Crippen molar-refractivity contribution in [1.82, 2.24) is 0 Å². The van der Waals surface area contributed by atoms with Gasteiger partial charge in [-0.1, -0.05) is 58.3 Å². The van der Waals surface area contributed by atoms with Crippen LogP contribution in [0.1, 0.15) is 90.9 Å². The number of hydrogen-bond donors (Lipinski definition) is 1. The summed E-state index contributed by atoms with van der Waals surface area (Å²) in [4.78, 5) is 0. The van der Waals surface area contributed by atoms with Crippen molar-refractivity contribution >= 4 is 10.1 Å². The Bertz CT molecular complexity index is 467. The Labute approximate surface area is 166 Å². The lowest BCUT2D eigenvalue weighted by atomic mass is 10.0. The van der Waals surface area contributed by atoms with E-state index in [9.17, 15) is 8.42 Å². The van der Waals surface area contributed by atoms with Crippen LogP contribution < -0.4 is 0 Å². The molecule has 1 heterocycles. The molecule has 0 bridgehead atoms. The van der Waals surface area contributed by atoms with Crippen LogP contribution in [0.2, 0.25) is 0 Å². The average molecular weight is 409 g/mol. The van der Waals surface area contributed by atoms with Crippen LogP contribution in [0, 0.1) is 0 Å². The second-order valence-electron chi connectivity index (χ2n) is 7.83. The van der Waals surface area contributed by atoms with Gasteiger partial charge in [0, 0.05) is 13.0 Å². The number of rotatable bonds is 17. The Morgan fingerprint density at radius 1 is 1.00 bits per heavy atom. The fraction of sp³-hybridized carbons (Fsp3) is 1.00. The minimum absolute atomic E-state index is 0.0601. The normalized spacial score (nSPS) is 23.1. The van der Waals surface area contributed by atoms with E-state index in [1.165, 1.54) is 51.4 Å². The molecule has 1 saturated heterocycles. The molecule has 0 spiro atoms. The van der Waals surface area contributed by atoms with Gasteiger partial charge in [0.25, 0.3) is 10.1 Å². The summed E-state index contributed by atoms with van der Waals surface area (Å²) in [6, 6.07) is 0. The van der Waals surface area contributed by atoms with E-state index in [0.717, 1.165) is 12.8 Å². The maximum Gasteiger partial charge on any atom is 0.264 e. The first-order valence-electron chi connectivity index (χ1n) is 10.7. The van der Waals surface area contributed by atoms with Crippen LogP contribution in [0.3, 0.4) is 0 Å². The first-order chi connectivity index (χ1) is 12.8. The minimum Gasteiger partial charge on any atom is -0.379 e. The number of hydrogen-bond acceptors (Lipinski definition) is 5. The summed E-state index contributed by atoms with van der Waals surface area (Å²) in [5, 5.41) is 0. The van der Waals surface area contributed by atoms with E-state index in [0.29, 0.717) is 32.7 Å². The van der Waals surface area contributed by atoms with E-state index in [2.05, 4.69) is 6.92 Å². The van der Waals surface area contributed by atoms with Crippen molar-refractivity contribution in [3.8, 4) is 0 Å². The molecular weight excluding hydrogens is 368 g/mol. The van der Waals surface area contributed by atoms with Crippen molar-refractivity contribution in [3.63, 3.8) is 0 Å². The summed E-state index contributed by atoms with van der Waals surface area (Å²) in [5.74, 6) is -0.712. The Morgan fingerprint density at radius 3 is 2.26 bits per heavy atom. The molecule has 1 aliphatic heterocycles. The molecule has 6 nitrogen and oxygen atoms in total. The summed E-state index contributed by atoms with van der Waals surface area (Å²) in [6.45, 7) is 5.71. The van der Waals surface area contributed by atoms with Gasteiger partial charge in [0.05, 0.1) is 19.0 Å². The van der Waals surface area contributed by atoms with E-state index >= 15 is 0 Å². The van der Waals surface area contributed by atoms with E-state index in [1.807, 2.05) is 6.92 Å². The van der Waals surface area contributed by atoms with Crippen LogP contribution in [0.25, 0.3) is 0 Å². The quantitative estimate of drug-likeness (QED) is 0.277. The summed E-state index contributed by atoms with van der Waals surface area (Å²) < 4.78 is 47.3. The molecular formula is C20H40O6S. The van der Waals surface area contributed by atoms with Crippen LogP contribution in [-0.2, 0) is 24.3 Å². The highest BCUT2D eigenvalue weighted by Crippen LogP contribution is 2.29. The van der Waals surface area contributed by atoms with Crippen LogP contribution in [0.15, 0.2) is 0 Å². The lowest BCUT2D eigenvalue weighted by Gasteiger charge is -2.23.